The van der Waals surface area contributed by atoms with Crippen LogP contribution >= 0.6 is 0 Å². The first-order valence-corrected chi connectivity index (χ1v) is 10.4. The van der Waals surface area contributed by atoms with E-state index in [1.165, 1.54) is 0 Å². The van der Waals surface area contributed by atoms with Crippen LogP contribution in [-0.4, -0.2) is 51.9 Å². The summed E-state index contributed by atoms with van der Waals surface area (Å²) in [5.41, 5.74) is 3.18. The Hall–Kier alpha value is -2.50. The largest absolute Gasteiger partial charge is 0.356 e. The normalized spacial score (nSPS) is 18.6. The van der Waals surface area contributed by atoms with Crippen LogP contribution in [0.3, 0.4) is 0 Å². The lowest BCUT2D eigenvalue weighted by Crippen LogP contribution is -2.43. The van der Waals surface area contributed by atoms with Crippen LogP contribution in [0.1, 0.15) is 43.4 Å². The molecule has 0 spiro atoms. The number of aromatic nitrogens is 3. The quantitative estimate of drug-likeness (QED) is 0.815. The zero-order valence-electron chi connectivity index (χ0n) is 16.9. The molecule has 6 nitrogen and oxygen atoms in total. The summed E-state index contributed by atoms with van der Waals surface area (Å²) in [5.74, 6) is 2.76. The predicted octanol–water partition coefficient (Wildman–Crippen LogP) is 3.38. The van der Waals surface area contributed by atoms with Gasteiger partial charge in [-0.2, -0.15) is 0 Å². The number of likely N-dealkylation sites (tertiary alicyclic amines) is 1. The summed E-state index contributed by atoms with van der Waals surface area (Å²) < 4.78 is 0. The second-order valence-electron chi connectivity index (χ2n) is 8.04. The van der Waals surface area contributed by atoms with Gasteiger partial charge in [-0.15, -0.1) is 0 Å². The zero-order chi connectivity index (χ0) is 19.5. The summed E-state index contributed by atoms with van der Waals surface area (Å²) in [6.45, 7) is 8.01. The summed E-state index contributed by atoms with van der Waals surface area (Å²) >= 11 is 0. The van der Waals surface area contributed by atoms with Crippen LogP contribution in [0.25, 0.3) is 11.4 Å². The van der Waals surface area contributed by atoms with Gasteiger partial charge >= 0.3 is 0 Å². The molecule has 0 N–H and O–H groups in total. The molecule has 0 aromatic carbocycles. The van der Waals surface area contributed by atoms with Crippen molar-refractivity contribution in [1.29, 1.82) is 0 Å². The average Bonchev–Trinajstić information content (AvgIpc) is 2.73. The van der Waals surface area contributed by atoms with Crippen molar-refractivity contribution >= 4 is 11.7 Å². The first-order chi connectivity index (χ1) is 13.6. The van der Waals surface area contributed by atoms with E-state index in [4.69, 9.17) is 4.98 Å². The molecular weight excluding hydrogens is 350 g/mol. The lowest BCUT2D eigenvalue weighted by Gasteiger charge is -2.37. The lowest BCUT2D eigenvalue weighted by molar-refractivity contribution is -0.134. The number of hydrogen-bond acceptors (Lipinski definition) is 5. The first-order valence-electron chi connectivity index (χ1n) is 10.4. The van der Waals surface area contributed by atoms with Crippen LogP contribution in [-0.2, 0) is 4.79 Å². The molecule has 0 aliphatic carbocycles. The second-order valence-corrected chi connectivity index (χ2v) is 8.04. The third-order valence-corrected chi connectivity index (χ3v) is 6.12. The highest BCUT2D eigenvalue weighted by molar-refractivity contribution is 5.76. The Balaban J connectivity index is 1.45. The van der Waals surface area contributed by atoms with E-state index in [0.717, 1.165) is 86.7 Å². The number of carbonyl (C=O) groups excluding carboxylic acids is 1. The number of nitrogens with zero attached hydrogens (tertiary/aromatic N) is 5. The summed E-state index contributed by atoms with van der Waals surface area (Å²) in [5, 5.41) is 0. The molecule has 4 heterocycles. The lowest BCUT2D eigenvalue weighted by atomic mass is 9.95. The van der Waals surface area contributed by atoms with Crippen molar-refractivity contribution in [1.82, 2.24) is 19.9 Å². The summed E-state index contributed by atoms with van der Waals surface area (Å²) in [6.07, 6.45) is 8.72. The molecule has 28 heavy (non-hydrogen) atoms. The maximum absolute atomic E-state index is 12.1. The molecule has 0 unspecified atom stereocenters. The molecule has 2 aromatic rings. The molecule has 4 rings (SSSR count). The molecule has 0 atom stereocenters. The van der Waals surface area contributed by atoms with Gasteiger partial charge in [-0.25, -0.2) is 9.97 Å². The summed E-state index contributed by atoms with van der Waals surface area (Å²) in [7, 11) is 0. The number of aryl methyl sites for hydroxylation is 1. The molecule has 6 heteroatoms. The van der Waals surface area contributed by atoms with Crippen molar-refractivity contribution in [3.63, 3.8) is 0 Å². The fourth-order valence-electron chi connectivity index (χ4n) is 4.25. The van der Waals surface area contributed by atoms with Gasteiger partial charge in [0.2, 0.25) is 5.91 Å². The van der Waals surface area contributed by atoms with Crippen molar-refractivity contribution in [3.05, 3.63) is 35.8 Å². The number of pyridine rings is 1. The van der Waals surface area contributed by atoms with Gasteiger partial charge in [-0.3, -0.25) is 9.78 Å². The van der Waals surface area contributed by atoms with E-state index in [2.05, 4.69) is 33.6 Å². The molecule has 0 radical (unpaired) electrons. The van der Waals surface area contributed by atoms with E-state index in [0.29, 0.717) is 11.8 Å². The molecule has 2 fully saturated rings. The Morgan fingerprint density at radius 2 is 1.79 bits per heavy atom. The molecule has 148 valence electrons. The van der Waals surface area contributed by atoms with Gasteiger partial charge in [0, 0.05) is 61.8 Å². The molecule has 0 saturated carbocycles. The highest BCUT2D eigenvalue weighted by Gasteiger charge is 2.26. The Labute approximate surface area is 167 Å². The maximum Gasteiger partial charge on any atom is 0.222 e. The minimum Gasteiger partial charge on any atom is -0.356 e. The monoisotopic (exact) mass is 379 g/mol. The Kier molecular flexibility index (Phi) is 5.55. The van der Waals surface area contributed by atoms with E-state index in [9.17, 15) is 4.79 Å². The van der Waals surface area contributed by atoms with Gasteiger partial charge in [-0.1, -0.05) is 0 Å². The number of rotatable bonds is 4. The standard InChI is InChI=1S/C22H29N5O/c1-16-17(2)24-21(19-6-10-23-11-7-19)25-22(16)26-13-8-18(9-14-26)15-27-12-4-3-5-20(27)28/h6-7,10-11,18H,3-5,8-9,12-15H2,1-2H3. The van der Waals surface area contributed by atoms with Crippen LogP contribution in [0.4, 0.5) is 5.82 Å². The van der Waals surface area contributed by atoms with Crippen molar-refractivity contribution in [2.24, 2.45) is 5.92 Å². The predicted molar refractivity (Wildman–Crippen MR) is 110 cm³/mol. The summed E-state index contributed by atoms with van der Waals surface area (Å²) in [6, 6.07) is 3.91. The van der Waals surface area contributed by atoms with Crippen LogP contribution in [0.5, 0.6) is 0 Å². The Morgan fingerprint density at radius 3 is 2.50 bits per heavy atom. The molecule has 2 aliphatic rings. The zero-order valence-corrected chi connectivity index (χ0v) is 16.9. The molecule has 2 aromatic heterocycles. The van der Waals surface area contributed by atoms with E-state index >= 15 is 0 Å². The van der Waals surface area contributed by atoms with Gasteiger partial charge in [0.1, 0.15) is 5.82 Å². The minimum atomic E-state index is 0.345. The molecule has 2 saturated heterocycles. The average molecular weight is 380 g/mol. The topological polar surface area (TPSA) is 62.2 Å². The fourth-order valence-corrected chi connectivity index (χ4v) is 4.25. The summed E-state index contributed by atoms with van der Waals surface area (Å²) in [4.78, 5) is 30.3. The van der Waals surface area contributed by atoms with Crippen LogP contribution in [0, 0.1) is 19.8 Å². The minimum absolute atomic E-state index is 0.345. The Bertz CT molecular complexity index is 830. The fraction of sp³-hybridized carbons (Fsp3) is 0.545. The second kappa shape index (κ2) is 8.25. The first kappa shape index (κ1) is 18.8. The number of carbonyl (C=O) groups is 1. The highest BCUT2D eigenvalue weighted by atomic mass is 16.2. The molecule has 0 bridgehead atoms. The van der Waals surface area contributed by atoms with Crippen molar-refractivity contribution in [2.75, 3.05) is 31.1 Å². The Morgan fingerprint density at radius 1 is 1.04 bits per heavy atom. The van der Waals surface area contributed by atoms with E-state index in [1.807, 2.05) is 12.1 Å². The molecule has 2 aliphatic heterocycles. The van der Waals surface area contributed by atoms with Gasteiger partial charge in [0.15, 0.2) is 5.82 Å². The van der Waals surface area contributed by atoms with E-state index in [-0.39, 0.29) is 0 Å². The van der Waals surface area contributed by atoms with Gasteiger partial charge in [0.25, 0.3) is 0 Å². The van der Waals surface area contributed by atoms with Crippen molar-refractivity contribution in [2.45, 2.75) is 46.0 Å². The van der Waals surface area contributed by atoms with E-state index < -0.39 is 0 Å². The van der Waals surface area contributed by atoms with Gasteiger partial charge < -0.3 is 9.80 Å². The van der Waals surface area contributed by atoms with Gasteiger partial charge in [0.05, 0.1) is 0 Å². The number of anilines is 1. The SMILES string of the molecule is Cc1nc(-c2ccncc2)nc(N2CCC(CN3CCCCC3=O)CC2)c1C. The smallest absolute Gasteiger partial charge is 0.222 e. The van der Waals surface area contributed by atoms with Crippen LogP contribution < -0.4 is 4.90 Å². The van der Waals surface area contributed by atoms with Gasteiger partial charge in [-0.05, 0) is 57.6 Å². The molecule has 1 amide bonds. The van der Waals surface area contributed by atoms with Crippen LogP contribution in [0.2, 0.25) is 0 Å². The number of piperidine rings is 2. The third-order valence-electron chi connectivity index (χ3n) is 6.12. The number of hydrogen-bond donors (Lipinski definition) is 0. The maximum atomic E-state index is 12.1. The van der Waals surface area contributed by atoms with E-state index in [1.54, 1.807) is 12.4 Å². The van der Waals surface area contributed by atoms with Crippen molar-refractivity contribution in [3.8, 4) is 11.4 Å². The van der Waals surface area contributed by atoms with Crippen LogP contribution in [0.15, 0.2) is 24.5 Å². The molecular formula is C22H29N5O. The third kappa shape index (κ3) is 4.01. The number of amides is 1. The van der Waals surface area contributed by atoms with Crippen molar-refractivity contribution < 1.29 is 4.79 Å². The highest BCUT2D eigenvalue weighted by Crippen LogP contribution is 2.29.